The molecule has 3 heterocycles. The first-order valence-electron chi connectivity index (χ1n) is 9.47. The monoisotopic (exact) mass is 358 g/mol. The number of likely N-dealkylation sites (tertiary alicyclic amines) is 1. The van der Waals surface area contributed by atoms with E-state index in [2.05, 4.69) is 28.1 Å². The summed E-state index contributed by atoms with van der Waals surface area (Å²) in [5, 5.41) is 10.6. The predicted octanol–water partition coefficient (Wildman–Crippen LogP) is 2.94. The van der Waals surface area contributed by atoms with Crippen LogP contribution in [0.1, 0.15) is 31.9 Å². The molecule has 6 nitrogen and oxygen atoms in total. The molecule has 2 aliphatic rings. The minimum Gasteiger partial charge on any atom is -0.480 e. The van der Waals surface area contributed by atoms with Gasteiger partial charge >= 0.3 is 5.97 Å². The lowest BCUT2D eigenvalue weighted by molar-refractivity contribution is -0.217. The number of carboxylic acids is 1. The summed E-state index contributed by atoms with van der Waals surface area (Å²) >= 11 is 0. The van der Waals surface area contributed by atoms with Crippen LogP contribution in [0.25, 0.3) is 10.9 Å². The number of aromatic nitrogens is 1. The number of piperidine rings is 1. The van der Waals surface area contributed by atoms with Gasteiger partial charge in [0.15, 0.2) is 0 Å². The van der Waals surface area contributed by atoms with Gasteiger partial charge in [0.05, 0.1) is 18.9 Å². The zero-order valence-corrected chi connectivity index (χ0v) is 15.1. The van der Waals surface area contributed by atoms with Crippen molar-refractivity contribution in [2.24, 2.45) is 5.92 Å². The SMILES string of the molecule is CCC(C(=O)O)N1CCC(C2(c3cc4ccccc4[nH]3)OCCO2)CC1. The summed E-state index contributed by atoms with van der Waals surface area (Å²) in [4.78, 5) is 17.0. The quantitative estimate of drug-likeness (QED) is 0.860. The number of para-hydroxylation sites is 1. The Balaban J connectivity index is 1.57. The number of nitrogens with one attached hydrogen (secondary N) is 1. The summed E-state index contributed by atoms with van der Waals surface area (Å²) in [6.45, 7) is 4.61. The maximum absolute atomic E-state index is 11.5. The van der Waals surface area contributed by atoms with E-state index in [-0.39, 0.29) is 5.92 Å². The normalized spacial score (nSPS) is 22.7. The Hall–Kier alpha value is -1.89. The number of fused-ring (bicyclic) bond motifs is 1. The summed E-state index contributed by atoms with van der Waals surface area (Å²) in [5.41, 5.74) is 2.05. The van der Waals surface area contributed by atoms with Gasteiger partial charge in [-0.2, -0.15) is 0 Å². The van der Waals surface area contributed by atoms with Crippen LogP contribution < -0.4 is 0 Å². The highest BCUT2D eigenvalue weighted by Gasteiger charge is 2.48. The smallest absolute Gasteiger partial charge is 0.320 e. The molecule has 2 saturated heterocycles. The summed E-state index contributed by atoms with van der Waals surface area (Å²) in [6.07, 6.45) is 2.35. The van der Waals surface area contributed by atoms with Crippen molar-refractivity contribution in [1.82, 2.24) is 9.88 Å². The Morgan fingerprint density at radius 3 is 2.62 bits per heavy atom. The van der Waals surface area contributed by atoms with E-state index in [4.69, 9.17) is 9.47 Å². The van der Waals surface area contributed by atoms with Gasteiger partial charge in [-0.1, -0.05) is 25.1 Å². The number of carboxylic acid groups (broad SMARTS) is 1. The molecule has 2 fully saturated rings. The first kappa shape index (κ1) is 17.5. The highest BCUT2D eigenvalue weighted by atomic mass is 16.7. The molecule has 4 rings (SSSR count). The fourth-order valence-electron chi connectivity index (χ4n) is 4.48. The molecule has 1 aromatic heterocycles. The van der Waals surface area contributed by atoms with E-state index < -0.39 is 17.8 Å². The second kappa shape index (κ2) is 7.02. The standard InChI is InChI=1S/C20H26N2O4/c1-2-17(19(23)24)22-9-7-15(8-10-22)20(25-11-12-26-20)18-13-14-5-3-4-6-16(14)21-18/h3-6,13,15,17,21H,2,7-12H2,1H3,(H,23,24). The first-order chi connectivity index (χ1) is 12.6. The molecule has 0 saturated carbocycles. The fraction of sp³-hybridized carbons (Fsp3) is 0.550. The molecular weight excluding hydrogens is 332 g/mol. The van der Waals surface area contributed by atoms with Gasteiger partial charge in [0.2, 0.25) is 5.79 Å². The van der Waals surface area contributed by atoms with Crippen molar-refractivity contribution in [3.63, 3.8) is 0 Å². The van der Waals surface area contributed by atoms with Crippen molar-refractivity contribution in [2.75, 3.05) is 26.3 Å². The number of hydrogen-bond acceptors (Lipinski definition) is 4. The summed E-state index contributed by atoms with van der Waals surface area (Å²) in [5.74, 6) is -1.26. The van der Waals surface area contributed by atoms with Crippen LogP contribution in [0, 0.1) is 5.92 Å². The fourth-order valence-corrected chi connectivity index (χ4v) is 4.48. The molecule has 26 heavy (non-hydrogen) atoms. The van der Waals surface area contributed by atoms with Gasteiger partial charge < -0.3 is 19.6 Å². The van der Waals surface area contributed by atoms with Gasteiger partial charge in [-0.15, -0.1) is 0 Å². The van der Waals surface area contributed by atoms with Gasteiger partial charge in [0.25, 0.3) is 0 Å². The number of H-pyrrole nitrogens is 1. The van der Waals surface area contributed by atoms with Crippen molar-refractivity contribution in [1.29, 1.82) is 0 Å². The van der Waals surface area contributed by atoms with Crippen LogP contribution in [0.4, 0.5) is 0 Å². The highest BCUT2D eigenvalue weighted by molar-refractivity contribution is 5.80. The Bertz CT molecular complexity index is 740. The van der Waals surface area contributed by atoms with Crippen molar-refractivity contribution in [2.45, 2.75) is 38.0 Å². The third-order valence-electron chi connectivity index (χ3n) is 5.80. The molecule has 1 unspecified atom stereocenters. The Morgan fingerprint density at radius 2 is 2.00 bits per heavy atom. The summed E-state index contributed by atoms with van der Waals surface area (Å²) in [7, 11) is 0. The molecule has 2 aromatic rings. The number of benzene rings is 1. The Labute approximate surface area is 153 Å². The van der Waals surface area contributed by atoms with Crippen LogP contribution in [-0.4, -0.2) is 53.3 Å². The molecule has 1 aromatic carbocycles. The average molecular weight is 358 g/mol. The second-order valence-corrected chi connectivity index (χ2v) is 7.21. The minimum atomic E-state index is -0.740. The topological polar surface area (TPSA) is 74.8 Å². The number of carbonyl (C=O) groups is 1. The van der Waals surface area contributed by atoms with E-state index in [0.29, 0.717) is 19.6 Å². The van der Waals surface area contributed by atoms with E-state index in [1.165, 1.54) is 0 Å². The predicted molar refractivity (Wildman–Crippen MR) is 97.9 cm³/mol. The van der Waals surface area contributed by atoms with Crippen LogP contribution in [0.2, 0.25) is 0 Å². The van der Waals surface area contributed by atoms with Crippen LogP contribution in [0.5, 0.6) is 0 Å². The van der Waals surface area contributed by atoms with Crippen LogP contribution >= 0.6 is 0 Å². The molecular formula is C20H26N2O4. The van der Waals surface area contributed by atoms with Gasteiger partial charge in [-0.05, 0) is 49.9 Å². The first-order valence-corrected chi connectivity index (χ1v) is 9.47. The van der Waals surface area contributed by atoms with Crippen LogP contribution in [-0.2, 0) is 20.1 Å². The van der Waals surface area contributed by atoms with E-state index in [9.17, 15) is 9.90 Å². The third kappa shape index (κ3) is 2.92. The maximum Gasteiger partial charge on any atom is 0.320 e. The van der Waals surface area contributed by atoms with Crippen LogP contribution in [0.15, 0.2) is 30.3 Å². The highest BCUT2D eigenvalue weighted by Crippen LogP contribution is 2.44. The lowest BCUT2D eigenvalue weighted by atomic mass is 9.85. The van der Waals surface area contributed by atoms with E-state index in [1.807, 2.05) is 19.1 Å². The Morgan fingerprint density at radius 1 is 1.31 bits per heavy atom. The molecule has 140 valence electrons. The maximum atomic E-state index is 11.5. The van der Waals surface area contributed by atoms with E-state index >= 15 is 0 Å². The van der Waals surface area contributed by atoms with Gasteiger partial charge in [-0.3, -0.25) is 9.69 Å². The van der Waals surface area contributed by atoms with Gasteiger partial charge in [-0.25, -0.2) is 0 Å². The molecule has 0 spiro atoms. The van der Waals surface area contributed by atoms with Crippen molar-refractivity contribution < 1.29 is 19.4 Å². The number of aliphatic carboxylic acids is 1. The molecule has 1 atom stereocenters. The lowest BCUT2D eigenvalue weighted by Crippen LogP contribution is -2.49. The molecule has 2 aliphatic heterocycles. The van der Waals surface area contributed by atoms with Crippen molar-refractivity contribution in [3.05, 3.63) is 36.0 Å². The molecule has 2 N–H and O–H groups in total. The second-order valence-electron chi connectivity index (χ2n) is 7.21. The largest absolute Gasteiger partial charge is 0.480 e. The van der Waals surface area contributed by atoms with E-state index in [0.717, 1.165) is 42.5 Å². The molecule has 0 aliphatic carbocycles. The summed E-state index contributed by atoms with van der Waals surface area (Å²) < 4.78 is 12.4. The number of nitrogens with zero attached hydrogens (tertiary/aromatic N) is 1. The number of aromatic amines is 1. The average Bonchev–Trinajstić information content (AvgIpc) is 3.30. The lowest BCUT2D eigenvalue weighted by Gasteiger charge is -2.41. The van der Waals surface area contributed by atoms with Gasteiger partial charge in [0, 0.05) is 11.4 Å². The van der Waals surface area contributed by atoms with Crippen molar-refractivity contribution >= 4 is 16.9 Å². The molecule has 0 amide bonds. The third-order valence-corrected chi connectivity index (χ3v) is 5.80. The number of ether oxygens (including phenoxy) is 2. The number of rotatable bonds is 5. The zero-order valence-electron chi connectivity index (χ0n) is 15.1. The molecule has 0 radical (unpaired) electrons. The van der Waals surface area contributed by atoms with Crippen LogP contribution in [0.3, 0.4) is 0 Å². The van der Waals surface area contributed by atoms with E-state index in [1.54, 1.807) is 0 Å². The number of hydrogen-bond donors (Lipinski definition) is 2. The molecule has 0 bridgehead atoms. The zero-order chi connectivity index (χ0) is 18.1. The van der Waals surface area contributed by atoms with Gasteiger partial charge in [0.1, 0.15) is 6.04 Å². The van der Waals surface area contributed by atoms with Crippen molar-refractivity contribution in [3.8, 4) is 0 Å². The molecule has 6 heteroatoms. The minimum absolute atomic E-state index is 0.209. The Kier molecular flexibility index (Phi) is 4.73. The summed E-state index contributed by atoms with van der Waals surface area (Å²) in [6, 6.07) is 9.91.